The number of carbonyl (C=O) groups is 3. The minimum Gasteiger partial charge on any atom is -0.287 e. The highest BCUT2D eigenvalue weighted by Crippen LogP contribution is 2.34. The van der Waals surface area contributed by atoms with Crippen molar-refractivity contribution in [3.63, 3.8) is 0 Å². The fourth-order valence-electron chi connectivity index (χ4n) is 3.01. The first-order valence-electron chi connectivity index (χ1n) is 11.8. The second-order valence-electron chi connectivity index (χ2n) is 12.5. The molecule has 0 unspecified atom stereocenters. The Bertz CT molecular complexity index is 863. The van der Waals surface area contributed by atoms with Gasteiger partial charge in [-0.25, -0.2) is 13.7 Å². The Kier molecular flexibility index (Phi) is 10.5. The van der Waals surface area contributed by atoms with Gasteiger partial charge in [0.25, 0.3) is 0 Å². The Morgan fingerprint density at radius 2 is 1.12 bits per heavy atom. The van der Waals surface area contributed by atoms with Crippen molar-refractivity contribution >= 4 is 34.4 Å². The van der Waals surface area contributed by atoms with Crippen molar-refractivity contribution in [1.82, 2.24) is 0 Å². The van der Waals surface area contributed by atoms with Gasteiger partial charge in [0.15, 0.2) is 5.12 Å². The van der Waals surface area contributed by atoms with Gasteiger partial charge in [0.05, 0.1) is 10.6 Å². The van der Waals surface area contributed by atoms with Gasteiger partial charge >= 0.3 is 0 Å². The van der Waals surface area contributed by atoms with E-state index in [2.05, 4.69) is 0 Å². The molecule has 0 atom stereocenters. The Balaban J connectivity index is 3.30. The molecule has 34 heavy (non-hydrogen) atoms. The number of hydrogen-bond donors (Lipinski definition) is 0. The van der Waals surface area contributed by atoms with E-state index in [1.165, 1.54) is 0 Å². The number of nitrogens with zero attached hydrogens (tertiary/aromatic N) is 1. The first kappa shape index (κ1) is 30.3. The summed E-state index contributed by atoms with van der Waals surface area (Å²) in [5.41, 5.74) is -0.668. The summed E-state index contributed by atoms with van der Waals surface area (Å²) in [6.07, 6.45) is 1.97. The molecule has 1 rings (SSSR count). The maximum atomic E-state index is 14.9. The normalized spacial score (nSPS) is 12.6. The average Bonchev–Trinajstić information content (AvgIpc) is 2.65. The Morgan fingerprint density at radius 3 is 1.53 bits per heavy atom. The lowest BCUT2D eigenvalue weighted by molar-refractivity contribution is -0.127. The number of rotatable bonds is 8. The zero-order chi connectivity index (χ0) is 26.5. The van der Waals surface area contributed by atoms with E-state index in [9.17, 15) is 23.2 Å². The van der Waals surface area contributed by atoms with Crippen LogP contribution < -0.4 is 4.90 Å². The number of hydrogen-bond acceptors (Lipinski definition) is 4. The second-order valence-corrected chi connectivity index (χ2v) is 13.6. The number of anilines is 1. The lowest BCUT2D eigenvalue weighted by Crippen LogP contribution is -2.38. The minimum atomic E-state index is -1.00. The summed E-state index contributed by atoms with van der Waals surface area (Å²) in [7, 11) is 0. The van der Waals surface area contributed by atoms with Crippen molar-refractivity contribution in [2.45, 2.75) is 106 Å². The molecule has 0 radical (unpaired) electrons. The number of halogens is 2. The Labute approximate surface area is 208 Å². The quantitative estimate of drug-likeness (QED) is 0.342. The third-order valence-corrected chi connectivity index (χ3v) is 6.19. The van der Waals surface area contributed by atoms with E-state index in [1.54, 1.807) is 0 Å². The molecule has 7 heteroatoms. The minimum absolute atomic E-state index is 0.0502. The largest absolute Gasteiger partial charge is 0.287 e. The molecule has 4 nitrogen and oxygen atoms in total. The molecule has 1 aromatic rings. The average molecular weight is 498 g/mol. The van der Waals surface area contributed by atoms with Crippen molar-refractivity contribution in [2.75, 3.05) is 4.90 Å². The highest BCUT2D eigenvalue weighted by atomic mass is 32.2. The molecule has 0 N–H and O–H groups in total. The van der Waals surface area contributed by atoms with Crippen LogP contribution in [0.2, 0.25) is 0 Å². The molecule has 0 heterocycles. The summed E-state index contributed by atoms with van der Waals surface area (Å²) in [6, 6.07) is 1.77. The number of amides is 2. The summed E-state index contributed by atoms with van der Waals surface area (Å²) in [5, 5.41) is -0.254. The summed E-state index contributed by atoms with van der Waals surface area (Å²) in [5.74, 6) is -2.96. The van der Waals surface area contributed by atoms with Crippen molar-refractivity contribution in [3.05, 3.63) is 23.8 Å². The smallest absolute Gasteiger partial charge is 0.233 e. The van der Waals surface area contributed by atoms with Crippen LogP contribution in [0, 0.1) is 27.9 Å². The van der Waals surface area contributed by atoms with Crippen LogP contribution in [0.3, 0.4) is 0 Å². The third kappa shape index (κ3) is 11.1. The number of thioether (sulfide) groups is 1. The standard InChI is InChI=1S/C27H41F2NO3S/c1-25(2,3)13-10-22(31)30(23(32)11-14-26(4,5)6)20-17-21(19(29)16-18(20)28)34-24(33)12-15-27(7,8)9/h16-17H,10-15H2,1-9H3. The Morgan fingerprint density at radius 1 is 0.706 bits per heavy atom. The van der Waals surface area contributed by atoms with Gasteiger partial charge in [0.1, 0.15) is 11.6 Å². The molecule has 192 valence electrons. The molecule has 0 aliphatic carbocycles. The molecule has 0 fully saturated rings. The van der Waals surface area contributed by atoms with Crippen LogP contribution >= 0.6 is 11.8 Å². The van der Waals surface area contributed by atoms with E-state index < -0.39 is 23.4 Å². The van der Waals surface area contributed by atoms with Gasteiger partial charge in [-0.05, 0) is 53.3 Å². The summed E-state index contributed by atoms with van der Waals surface area (Å²) in [6.45, 7) is 17.9. The highest BCUT2D eigenvalue weighted by molar-refractivity contribution is 8.13. The van der Waals surface area contributed by atoms with Crippen LogP contribution in [-0.2, 0) is 14.4 Å². The zero-order valence-electron chi connectivity index (χ0n) is 22.2. The summed E-state index contributed by atoms with van der Waals surface area (Å²) >= 11 is 0.680. The molecular weight excluding hydrogens is 456 g/mol. The predicted molar refractivity (Wildman–Crippen MR) is 136 cm³/mol. The van der Waals surface area contributed by atoms with Crippen molar-refractivity contribution < 1.29 is 23.2 Å². The highest BCUT2D eigenvalue weighted by Gasteiger charge is 2.29. The maximum Gasteiger partial charge on any atom is 0.233 e. The first-order valence-corrected chi connectivity index (χ1v) is 12.7. The summed E-state index contributed by atoms with van der Waals surface area (Å²) in [4.78, 5) is 39.4. The number of benzene rings is 1. The monoisotopic (exact) mass is 497 g/mol. The van der Waals surface area contributed by atoms with Gasteiger partial charge in [0.2, 0.25) is 11.8 Å². The van der Waals surface area contributed by atoms with E-state index in [0.717, 1.165) is 11.0 Å². The van der Waals surface area contributed by atoms with E-state index in [1.807, 2.05) is 62.3 Å². The molecule has 0 aliphatic heterocycles. The molecular formula is C27H41F2NO3S. The van der Waals surface area contributed by atoms with Crippen LogP contribution in [0.25, 0.3) is 0 Å². The van der Waals surface area contributed by atoms with Gasteiger partial charge < -0.3 is 0 Å². The molecule has 0 spiro atoms. The second kappa shape index (κ2) is 11.8. The maximum absolute atomic E-state index is 14.9. The van der Waals surface area contributed by atoms with E-state index in [0.29, 0.717) is 37.1 Å². The lowest BCUT2D eigenvalue weighted by atomic mass is 9.89. The van der Waals surface area contributed by atoms with Gasteiger partial charge in [-0.2, -0.15) is 0 Å². The molecule has 0 aromatic heterocycles. The number of imide groups is 1. The third-order valence-electron chi connectivity index (χ3n) is 5.22. The fraction of sp³-hybridized carbons (Fsp3) is 0.667. The van der Waals surface area contributed by atoms with E-state index >= 15 is 0 Å². The topological polar surface area (TPSA) is 54.5 Å². The summed E-state index contributed by atoms with van der Waals surface area (Å²) < 4.78 is 29.4. The predicted octanol–water partition coefficient (Wildman–Crippen LogP) is 7.92. The van der Waals surface area contributed by atoms with Crippen LogP contribution in [-0.4, -0.2) is 16.9 Å². The van der Waals surface area contributed by atoms with Gasteiger partial charge in [-0.3, -0.25) is 14.4 Å². The Hall–Kier alpha value is -1.76. The van der Waals surface area contributed by atoms with Gasteiger partial charge in [-0.1, -0.05) is 62.3 Å². The first-order chi connectivity index (χ1) is 15.3. The molecule has 0 saturated carbocycles. The van der Waals surface area contributed by atoms with Crippen LogP contribution in [0.5, 0.6) is 0 Å². The molecule has 0 saturated heterocycles. The van der Waals surface area contributed by atoms with E-state index in [4.69, 9.17) is 0 Å². The van der Waals surface area contributed by atoms with Crippen molar-refractivity contribution in [3.8, 4) is 0 Å². The zero-order valence-corrected chi connectivity index (χ0v) is 23.0. The van der Waals surface area contributed by atoms with Crippen LogP contribution in [0.4, 0.5) is 14.5 Å². The number of carbonyl (C=O) groups excluding carboxylic acids is 3. The van der Waals surface area contributed by atoms with Crippen molar-refractivity contribution in [2.24, 2.45) is 16.2 Å². The van der Waals surface area contributed by atoms with Crippen LogP contribution in [0.15, 0.2) is 17.0 Å². The SMILES string of the molecule is CC(C)(C)CCC(=O)Sc1cc(N(C(=O)CCC(C)(C)C)C(=O)CCC(C)(C)C)c(F)cc1F. The van der Waals surface area contributed by atoms with Gasteiger partial charge in [0, 0.05) is 25.3 Å². The van der Waals surface area contributed by atoms with Gasteiger partial charge in [-0.15, -0.1) is 0 Å². The molecule has 2 amide bonds. The lowest BCUT2D eigenvalue weighted by Gasteiger charge is -2.26. The van der Waals surface area contributed by atoms with Crippen molar-refractivity contribution in [1.29, 1.82) is 0 Å². The molecule has 0 bridgehead atoms. The van der Waals surface area contributed by atoms with Crippen LogP contribution in [0.1, 0.15) is 101 Å². The molecule has 0 aliphatic rings. The fourth-order valence-corrected chi connectivity index (χ4v) is 3.79. The molecule has 1 aromatic carbocycles. The van der Waals surface area contributed by atoms with E-state index in [-0.39, 0.29) is 51.2 Å².